The highest BCUT2D eigenvalue weighted by molar-refractivity contribution is 7.91. The fourth-order valence-corrected chi connectivity index (χ4v) is 17.0. The number of sulfonamides is 3. The van der Waals surface area contributed by atoms with Gasteiger partial charge >= 0.3 is 0 Å². The number of aromatic hydroxyl groups is 1. The van der Waals surface area contributed by atoms with Crippen LogP contribution in [0.2, 0.25) is 0 Å². The van der Waals surface area contributed by atoms with E-state index in [1.807, 2.05) is 13.0 Å². The molecule has 3 fully saturated rings. The summed E-state index contributed by atoms with van der Waals surface area (Å²) in [4.78, 5) is 47.1. The van der Waals surface area contributed by atoms with Crippen molar-refractivity contribution in [1.82, 2.24) is 24.0 Å². The second-order valence-corrected chi connectivity index (χ2v) is 28.9. The standard InChI is InChI=1S/C29H34N4O6S2.C27H33N5O7S3/c34-27-11-9-23(18-26(27)20-5-2-1-3-6-20)31-22-13-15-32(16-14-22)41(38,39)28-12-10-25(40-28)19-30-29(35)21-7-4-8-24(17-21)33(36)37;1-2-3-14-29-41(36,37)25-9-5-7-22(18-25)30-21-12-15-31(16-13-21)42(38,39)26-11-10-24(40-26)19-28-27(33)20-6-4-8-23(17-20)32(34)35/h4,7-12,17-18,20,22,31,34H,1-3,5-6,13-16,19H2,(H,30,35);4-11,17-18,21,29-30H,2-3,12-16,19H2,1H3,(H,28,33). The van der Waals surface area contributed by atoms with Crippen LogP contribution in [0.3, 0.4) is 0 Å². The average molecular weight is 1230 g/mol. The van der Waals surface area contributed by atoms with Crippen molar-refractivity contribution in [3.05, 3.63) is 162 Å². The van der Waals surface area contributed by atoms with Gasteiger partial charge in [0.15, 0.2) is 0 Å². The van der Waals surface area contributed by atoms with Crippen molar-refractivity contribution in [2.24, 2.45) is 0 Å². The second-order valence-electron chi connectivity index (χ2n) is 20.5. The monoisotopic (exact) mass is 1230 g/mol. The number of nitro groups is 2. The van der Waals surface area contributed by atoms with E-state index in [0.29, 0.717) is 85.5 Å². The first-order valence-corrected chi connectivity index (χ1v) is 33.4. The number of nitrogens with one attached hydrogen (secondary N) is 5. The van der Waals surface area contributed by atoms with Crippen LogP contribution in [0.25, 0.3) is 0 Å². The molecule has 27 heteroatoms. The van der Waals surface area contributed by atoms with Crippen LogP contribution in [0.1, 0.15) is 120 Å². The number of nitro benzene ring substituents is 2. The molecule has 6 aromatic rings. The van der Waals surface area contributed by atoms with Gasteiger partial charge in [0, 0.05) is 101 Å². The summed E-state index contributed by atoms with van der Waals surface area (Å²) in [5.74, 6) is -0.230. The van der Waals surface area contributed by atoms with Crippen molar-refractivity contribution in [3.8, 4) is 5.75 Å². The Balaban J connectivity index is 0.000000217. The fraction of sp³-hybridized carbons (Fsp3) is 0.393. The molecule has 3 aliphatic rings. The smallest absolute Gasteiger partial charge is 0.270 e. The first-order valence-electron chi connectivity index (χ1n) is 27.4. The lowest BCUT2D eigenvalue weighted by atomic mass is 9.83. The summed E-state index contributed by atoms with van der Waals surface area (Å²) < 4.78 is 84.3. The van der Waals surface area contributed by atoms with Gasteiger partial charge in [0.05, 0.1) is 27.8 Å². The normalized spacial score (nSPS) is 16.1. The SMILES string of the molecule is CCCCNS(=O)(=O)c1cccc(NC2CCN(S(=O)(=O)c3ccc(CNC(=O)c4cccc([N+](=O)[O-])c4)s3)CC2)c1.O=C(NCc1ccc(S(=O)(=O)N2CCC(Nc3ccc(O)c(C4CCCCC4)c3)CC2)s1)c1cccc([N+](=O)[O-])c1. The van der Waals surface area contributed by atoms with Crippen molar-refractivity contribution in [3.63, 3.8) is 0 Å². The zero-order valence-electron chi connectivity index (χ0n) is 45.6. The molecule has 0 unspecified atom stereocenters. The Kier molecular flexibility index (Phi) is 21.1. The number of hydrogen-bond acceptors (Lipinski definition) is 17. The molecular weight excluding hydrogens is 1170 g/mol. The number of anilines is 2. The van der Waals surface area contributed by atoms with E-state index in [2.05, 4.69) is 32.1 Å². The van der Waals surface area contributed by atoms with E-state index in [1.165, 1.54) is 82.5 Å². The van der Waals surface area contributed by atoms with E-state index in [9.17, 15) is 60.2 Å². The molecule has 2 aliphatic heterocycles. The van der Waals surface area contributed by atoms with Gasteiger partial charge < -0.3 is 26.4 Å². The zero-order valence-corrected chi connectivity index (χ0v) is 49.7. The highest BCUT2D eigenvalue weighted by Gasteiger charge is 2.33. The minimum absolute atomic E-state index is 0.0228. The van der Waals surface area contributed by atoms with E-state index >= 15 is 0 Å². The number of amides is 2. The highest BCUT2D eigenvalue weighted by Crippen LogP contribution is 2.39. The number of nitrogens with zero attached hydrogens (tertiary/aromatic N) is 4. The predicted molar refractivity (Wildman–Crippen MR) is 318 cm³/mol. The summed E-state index contributed by atoms with van der Waals surface area (Å²) in [5.41, 5.74) is 2.56. The Morgan fingerprint density at radius 3 is 1.57 bits per heavy atom. The molecule has 444 valence electrons. The van der Waals surface area contributed by atoms with E-state index in [0.717, 1.165) is 59.6 Å². The van der Waals surface area contributed by atoms with Gasteiger partial charge in [-0.2, -0.15) is 8.61 Å². The van der Waals surface area contributed by atoms with Crippen LogP contribution in [0, 0.1) is 20.2 Å². The first kappa shape index (κ1) is 62.2. The predicted octanol–water partition coefficient (Wildman–Crippen LogP) is 9.53. The minimum Gasteiger partial charge on any atom is -0.508 e. The fourth-order valence-electron chi connectivity index (χ4n) is 10.1. The number of carbonyl (C=O) groups excluding carboxylic acids is 2. The first-order chi connectivity index (χ1) is 39.7. The summed E-state index contributed by atoms with van der Waals surface area (Å²) in [7, 11) is -11.0. The molecule has 0 radical (unpaired) electrons. The number of rotatable bonds is 22. The van der Waals surface area contributed by atoms with E-state index < -0.39 is 51.7 Å². The molecule has 4 aromatic carbocycles. The summed E-state index contributed by atoms with van der Waals surface area (Å²) in [5, 5.41) is 44.6. The van der Waals surface area contributed by atoms with Gasteiger partial charge in [-0.05, 0) is 129 Å². The van der Waals surface area contributed by atoms with Gasteiger partial charge in [0.25, 0.3) is 43.2 Å². The Morgan fingerprint density at radius 1 is 0.602 bits per heavy atom. The Hall–Kier alpha value is -6.85. The number of piperidine rings is 2. The lowest BCUT2D eigenvalue weighted by molar-refractivity contribution is -0.385. The van der Waals surface area contributed by atoms with Crippen molar-refractivity contribution in [2.75, 3.05) is 43.4 Å². The molecule has 83 heavy (non-hydrogen) atoms. The number of carbonyl (C=O) groups is 2. The molecule has 1 saturated carbocycles. The molecule has 2 saturated heterocycles. The molecule has 4 heterocycles. The van der Waals surface area contributed by atoms with Crippen molar-refractivity contribution in [1.29, 1.82) is 0 Å². The quantitative estimate of drug-likeness (QED) is 0.0159. The largest absolute Gasteiger partial charge is 0.508 e. The molecular formula is C56H67N9O13S5. The van der Waals surface area contributed by atoms with Crippen LogP contribution in [-0.4, -0.2) is 105 Å². The van der Waals surface area contributed by atoms with Crippen LogP contribution >= 0.6 is 22.7 Å². The van der Waals surface area contributed by atoms with E-state index in [-0.39, 0.29) is 61.0 Å². The van der Waals surface area contributed by atoms with Gasteiger partial charge in [-0.3, -0.25) is 29.8 Å². The minimum atomic E-state index is -3.73. The molecule has 0 atom stereocenters. The van der Waals surface area contributed by atoms with Gasteiger partial charge in [-0.1, -0.05) is 50.8 Å². The lowest BCUT2D eigenvalue weighted by Crippen LogP contribution is -2.42. The molecule has 1 aliphatic carbocycles. The van der Waals surface area contributed by atoms with Crippen LogP contribution in [0.4, 0.5) is 22.7 Å². The maximum atomic E-state index is 13.3. The van der Waals surface area contributed by atoms with Crippen LogP contribution in [-0.2, 0) is 43.2 Å². The van der Waals surface area contributed by atoms with Crippen molar-refractivity contribution >= 4 is 87.3 Å². The Morgan fingerprint density at radius 2 is 1.08 bits per heavy atom. The number of hydrogen-bond donors (Lipinski definition) is 6. The zero-order chi connectivity index (χ0) is 59.3. The van der Waals surface area contributed by atoms with Gasteiger partial charge in [-0.15, -0.1) is 22.7 Å². The number of phenolic OH excluding ortho intramolecular Hbond substituents is 1. The van der Waals surface area contributed by atoms with Crippen molar-refractivity contribution < 1.29 is 49.8 Å². The van der Waals surface area contributed by atoms with E-state index in [4.69, 9.17) is 0 Å². The molecule has 2 amide bonds. The summed E-state index contributed by atoms with van der Waals surface area (Å²) >= 11 is 2.17. The van der Waals surface area contributed by atoms with Crippen LogP contribution in [0.5, 0.6) is 5.75 Å². The topological polar surface area (TPSA) is 310 Å². The summed E-state index contributed by atoms with van der Waals surface area (Å²) in [6.07, 6.45) is 9.88. The average Bonchev–Trinajstić information content (AvgIpc) is 4.42. The van der Waals surface area contributed by atoms with Crippen LogP contribution in [0.15, 0.2) is 129 Å². The number of unbranched alkanes of at least 4 members (excludes halogenated alkanes) is 1. The lowest BCUT2D eigenvalue weighted by Gasteiger charge is -2.32. The number of phenols is 1. The maximum Gasteiger partial charge on any atom is 0.270 e. The molecule has 0 bridgehead atoms. The van der Waals surface area contributed by atoms with Gasteiger partial charge in [0.1, 0.15) is 14.2 Å². The third-order valence-electron chi connectivity index (χ3n) is 14.6. The van der Waals surface area contributed by atoms with Gasteiger partial charge in [0.2, 0.25) is 10.0 Å². The molecule has 9 rings (SSSR count). The number of non-ortho nitro benzene ring substituents is 2. The molecule has 22 nitrogen and oxygen atoms in total. The maximum absolute atomic E-state index is 13.3. The Bertz CT molecular complexity index is 3610. The summed E-state index contributed by atoms with van der Waals surface area (Å²) in [6, 6.07) is 29.6. The Labute approximate surface area is 491 Å². The highest BCUT2D eigenvalue weighted by atomic mass is 32.3. The van der Waals surface area contributed by atoms with Crippen molar-refractivity contribution in [2.45, 2.75) is 122 Å². The third kappa shape index (κ3) is 16.5. The number of thiophene rings is 2. The molecule has 0 spiro atoms. The van der Waals surface area contributed by atoms with Crippen LogP contribution < -0.4 is 26.0 Å². The van der Waals surface area contributed by atoms with E-state index in [1.54, 1.807) is 48.5 Å². The molecule has 6 N–H and O–H groups in total. The number of benzene rings is 4. The third-order valence-corrected chi connectivity index (χ3v) is 23.0. The summed E-state index contributed by atoms with van der Waals surface area (Å²) in [6.45, 7) is 3.95. The second kappa shape index (κ2) is 28.2. The molecule has 2 aromatic heterocycles. The van der Waals surface area contributed by atoms with Gasteiger partial charge in [-0.25, -0.2) is 30.0 Å².